The predicted molar refractivity (Wildman–Crippen MR) is 90.3 cm³/mol. The van der Waals surface area contributed by atoms with E-state index in [-0.39, 0.29) is 0 Å². The minimum atomic E-state index is -4.75. The summed E-state index contributed by atoms with van der Waals surface area (Å²) in [5, 5.41) is 9.98. The maximum absolute atomic E-state index is 14.3. The Balaban J connectivity index is 2.42. The fourth-order valence-corrected chi connectivity index (χ4v) is 2.18. The highest BCUT2D eigenvalue weighted by Gasteiger charge is 2.32. The van der Waals surface area contributed by atoms with Crippen molar-refractivity contribution in [1.82, 2.24) is 10.5 Å². The summed E-state index contributed by atoms with van der Waals surface area (Å²) >= 11 is 5.70. The number of aliphatic carboxylic acids is 1. The van der Waals surface area contributed by atoms with Crippen LogP contribution < -0.4 is 16.3 Å². The Hall–Kier alpha value is -2.93. The molecule has 2 rings (SSSR count). The molecule has 7 nitrogen and oxygen atoms in total. The van der Waals surface area contributed by atoms with Gasteiger partial charge in [-0.1, -0.05) is 23.1 Å². The standard InChI is InChI=1S/C15H8BClF5N3O4/c16-7-2-6(14(28)25-29-4-9(26)27)12(11(19)10(7)18)24-13-8(17)1-5(3-23-13)15(20,21)22/h1-3H,4H2,(H,23,24)(H,25,28)(H,26,27). The third-order valence-electron chi connectivity index (χ3n) is 3.25. The number of rotatable bonds is 6. The van der Waals surface area contributed by atoms with E-state index >= 15 is 0 Å². The summed E-state index contributed by atoms with van der Waals surface area (Å²) < 4.78 is 66.2. The largest absolute Gasteiger partial charge is 0.479 e. The van der Waals surface area contributed by atoms with Gasteiger partial charge in [0.15, 0.2) is 18.2 Å². The van der Waals surface area contributed by atoms with Crippen molar-refractivity contribution in [1.29, 1.82) is 0 Å². The molecule has 0 saturated heterocycles. The first-order valence-corrected chi connectivity index (χ1v) is 7.70. The molecule has 1 amide bonds. The highest BCUT2D eigenvalue weighted by Crippen LogP contribution is 2.34. The van der Waals surface area contributed by atoms with Crippen LogP contribution in [0.3, 0.4) is 0 Å². The lowest BCUT2D eigenvalue weighted by Gasteiger charge is -2.16. The summed E-state index contributed by atoms with van der Waals surface area (Å²) in [6.07, 6.45) is -4.37. The average molecular weight is 436 g/mol. The number of carboxylic acid groups (broad SMARTS) is 1. The smallest absolute Gasteiger partial charge is 0.417 e. The van der Waals surface area contributed by atoms with Gasteiger partial charge in [-0.3, -0.25) is 9.63 Å². The first kappa shape index (κ1) is 22.4. The molecule has 0 unspecified atom stereocenters. The number of alkyl halides is 3. The molecule has 0 aliphatic heterocycles. The van der Waals surface area contributed by atoms with Crippen LogP contribution in [0.4, 0.5) is 33.5 Å². The van der Waals surface area contributed by atoms with Gasteiger partial charge in [0.2, 0.25) is 0 Å². The van der Waals surface area contributed by atoms with Crippen LogP contribution in [0, 0.1) is 11.6 Å². The van der Waals surface area contributed by atoms with E-state index in [4.69, 9.17) is 24.6 Å². The SMILES string of the molecule is [B]c1cc(C(=O)NOCC(=O)O)c(Nc2ncc(C(F)(F)F)cc2Cl)c(F)c1F. The van der Waals surface area contributed by atoms with Crippen molar-refractivity contribution >= 4 is 48.3 Å². The Morgan fingerprint density at radius 2 is 1.90 bits per heavy atom. The number of anilines is 2. The molecule has 0 saturated carbocycles. The number of halogens is 6. The normalized spacial score (nSPS) is 11.2. The number of amides is 1. The molecule has 0 atom stereocenters. The van der Waals surface area contributed by atoms with Gasteiger partial charge < -0.3 is 10.4 Å². The lowest BCUT2D eigenvalue weighted by molar-refractivity contribution is -0.144. The maximum atomic E-state index is 14.3. The van der Waals surface area contributed by atoms with E-state index in [9.17, 15) is 31.5 Å². The van der Waals surface area contributed by atoms with E-state index < -0.39 is 69.4 Å². The van der Waals surface area contributed by atoms with Gasteiger partial charge in [0.05, 0.1) is 21.8 Å². The van der Waals surface area contributed by atoms with Crippen molar-refractivity contribution in [3.05, 3.63) is 46.1 Å². The van der Waals surface area contributed by atoms with Crippen LogP contribution in [-0.2, 0) is 15.8 Å². The number of aromatic nitrogens is 1. The van der Waals surface area contributed by atoms with Crippen LogP contribution in [0.5, 0.6) is 0 Å². The number of carbonyl (C=O) groups excluding carboxylic acids is 1. The molecule has 1 aromatic carbocycles. The second kappa shape index (κ2) is 8.61. The van der Waals surface area contributed by atoms with Gasteiger partial charge in [-0.05, 0) is 6.07 Å². The molecule has 14 heteroatoms. The van der Waals surface area contributed by atoms with Crippen molar-refractivity contribution in [3.8, 4) is 0 Å². The fourth-order valence-electron chi connectivity index (χ4n) is 1.97. The lowest BCUT2D eigenvalue weighted by Crippen LogP contribution is -2.29. The monoisotopic (exact) mass is 435 g/mol. The highest BCUT2D eigenvalue weighted by atomic mass is 35.5. The summed E-state index contributed by atoms with van der Waals surface area (Å²) in [7, 11) is 5.27. The first-order chi connectivity index (χ1) is 13.4. The third kappa shape index (κ3) is 5.32. The van der Waals surface area contributed by atoms with Crippen molar-refractivity contribution in [2.45, 2.75) is 6.18 Å². The van der Waals surface area contributed by atoms with E-state index in [1.165, 1.54) is 0 Å². The number of hydrogen-bond acceptors (Lipinski definition) is 5. The average Bonchev–Trinajstić information content (AvgIpc) is 2.61. The number of pyridine rings is 1. The Kier molecular flexibility index (Phi) is 6.64. The number of carboxylic acids is 1. The van der Waals surface area contributed by atoms with Crippen molar-refractivity contribution in [3.63, 3.8) is 0 Å². The van der Waals surface area contributed by atoms with Crippen molar-refractivity contribution < 1.29 is 41.5 Å². The third-order valence-corrected chi connectivity index (χ3v) is 3.54. The number of benzene rings is 1. The van der Waals surface area contributed by atoms with Crippen LogP contribution >= 0.6 is 11.6 Å². The van der Waals surface area contributed by atoms with E-state index in [1.54, 1.807) is 5.48 Å². The maximum Gasteiger partial charge on any atom is 0.417 e. The Bertz CT molecular complexity index is 974. The molecule has 152 valence electrons. The number of nitrogens with zero attached hydrogens (tertiary/aromatic N) is 1. The number of hydroxylamine groups is 1. The number of nitrogens with one attached hydrogen (secondary N) is 2. The van der Waals surface area contributed by atoms with E-state index in [2.05, 4.69) is 15.1 Å². The zero-order chi connectivity index (χ0) is 21.9. The van der Waals surface area contributed by atoms with Gasteiger partial charge in [-0.15, -0.1) is 0 Å². The van der Waals surface area contributed by atoms with Crippen LogP contribution in [-0.4, -0.2) is 36.4 Å². The quantitative estimate of drug-likeness (QED) is 0.366. The molecule has 0 bridgehead atoms. The second-order valence-corrected chi connectivity index (χ2v) is 5.71. The molecule has 0 spiro atoms. The van der Waals surface area contributed by atoms with Gasteiger partial charge >= 0.3 is 12.1 Å². The molecule has 29 heavy (non-hydrogen) atoms. The zero-order valence-corrected chi connectivity index (χ0v) is 14.7. The fraction of sp³-hybridized carbons (Fsp3) is 0.133. The summed E-state index contributed by atoms with van der Waals surface area (Å²) in [6.45, 7) is -0.944. The van der Waals surface area contributed by atoms with Crippen LogP contribution in [0.25, 0.3) is 0 Å². The number of carbonyl (C=O) groups is 2. The van der Waals surface area contributed by atoms with Crippen molar-refractivity contribution in [2.75, 3.05) is 11.9 Å². The zero-order valence-electron chi connectivity index (χ0n) is 13.9. The Labute approximate surface area is 165 Å². The minimum Gasteiger partial charge on any atom is -0.479 e. The summed E-state index contributed by atoms with van der Waals surface area (Å²) in [5.41, 5.74) is -1.84. The first-order valence-electron chi connectivity index (χ1n) is 7.33. The van der Waals surface area contributed by atoms with Gasteiger partial charge in [-0.25, -0.2) is 24.0 Å². The van der Waals surface area contributed by atoms with E-state index in [0.717, 1.165) is 0 Å². The summed E-state index contributed by atoms with van der Waals surface area (Å²) in [4.78, 5) is 30.2. The van der Waals surface area contributed by atoms with E-state index in [1.807, 2.05) is 0 Å². The lowest BCUT2D eigenvalue weighted by atomic mass is 9.92. The molecule has 0 aliphatic rings. The van der Waals surface area contributed by atoms with Gasteiger partial charge in [0, 0.05) is 6.20 Å². The molecule has 3 N–H and O–H groups in total. The minimum absolute atomic E-state index is 0.384. The van der Waals surface area contributed by atoms with Crippen LogP contribution in [0.1, 0.15) is 15.9 Å². The second-order valence-electron chi connectivity index (χ2n) is 5.31. The highest BCUT2D eigenvalue weighted by molar-refractivity contribution is 6.34. The van der Waals surface area contributed by atoms with Crippen molar-refractivity contribution in [2.24, 2.45) is 0 Å². The van der Waals surface area contributed by atoms with Crippen LogP contribution in [0.2, 0.25) is 5.02 Å². The van der Waals surface area contributed by atoms with Gasteiger partial charge in [0.1, 0.15) is 13.7 Å². The molecular formula is C15H8BClF5N3O4. The molecule has 0 aliphatic carbocycles. The molecule has 2 aromatic rings. The van der Waals surface area contributed by atoms with E-state index in [0.29, 0.717) is 18.3 Å². The Morgan fingerprint density at radius 3 is 2.45 bits per heavy atom. The van der Waals surface area contributed by atoms with Crippen LogP contribution in [0.15, 0.2) is 18.3 Å². The molecular weight excluding hydrogens is 427 g/mol. The van der Waals surface area contributed by atoms with Gasteiger partial charge in [-0.2, -0.15) is 13.2 Å². The van der Waals surface area contributed by atoms with Gasteiger partial charge in [0.25, 0.3) is 5.91 Å². The summed E-state index contributed by atoms with van der Waals surface area (Å²) in [6, 6.07) is 1.18. The Morgan fingerprint density at radius 1 is 1.24 bits per heavy atom. The molecule has 1 heterocycles. The number of hydrogen-bond donors (Lipinski definition) is 3. The molecule has 2 radical (unpaired) electrons. The molecule has 1 aromatic heterocycles. The predicted octanol–water partition coefficient (Wildman–Crippen LogP) is 2.32. The molecule has 0 fully saturated rings. The summed E-state index contributed by atoms with van der Waals surface area (Å²) in [5.74, 6) is -6.41. The topological polar surface area (TPSA) is 101 Å².